The molecule has 0 saturated heterocycles. The Labute approximate surface area is 173 Å². The predicted molar refractivity (Wildman–Crippen MR) is 117 cm³/mol. The van der Waals surface area contributed by atoms with Crippen molar-refractivity contribution in [1.82, 2.24) is 9.36 Å². The van der Waals surface area contributed by atoms with Gasteiger partial charge in [-0.25, -0.2) is 9.67 Å². The lowest BCUT2D eigenvalue weighted by atomic mass is 10.1. The summed E-state index contributed by atoms with van der Waals surface area (Å²) >= 11 is 6.09. The van der Waals surface area contributed by atoms with Crippen LogP contribution >= 0.6 is 11.6 Å². The summed E-state index contributed by atoms with van der Waals surface area (Å²) in [4.78, 5) is 17.3. The van der Waals surface area contributed by atoms with Gasteiger partial charge in [0.1, 0.15) is 11.5 Å². The van der Waals surface area contributed by atoms with Crippen molar-refractivity contribution in [1.29, 1.82) is 0 Å². The van der Waals surface area contributed by atoms with Crippen LogP contribution in [-0.2, 0) is 7.05 Å². The first-order valence-corrected chi connectivity index (χ1v) is 9.58. The van der Waals surface area contributed by atoms with Crippen LogP contribution in [0.25, 0.3) is 17.0 Å². The summed E-state index contributed by atoms with van der Waals surface area (Å²) in [6.45, 7) is 3.82. The predicted octanol–water partition coefficient (Wildman–Crippen LogP) is 5.46. The first-order valence-electron chi connectivity index (χ1n) is 9.20. The molecule has 0 unspecified atom stereocenters. The lowest BCUT2D eigenvalue weighted by molar-refractivity contribution is 0.575. The fraction of sp³-hybridized carbons (Fsp3) is 0.130. The third-order valence-electron chi connectivity index (χ3n) is 4.91. The van der Waals surface area contributed by atoms with E-state index in [0.717, 1.165) is 33.3 Å². The van der Waals surface area contributed by atoms with Crippen molar-refractivity contribution in [2.45, 2.75) is 13.8 Å². The maximum absolute atomic E-state index is 12.9. The van der Waals surface area contributed by atoms with Crippen LogP contribution in [0.5, 0.6) is 0 Å². The topological polar surface area (TPSA) is 52.4 Å². The van der Waals surface area contributed by atoms with Gasteiger partial charge in [-0.05, 0) is 61.9 Å². The number of benzene rings is 2. The quantitative estimate of drug-likeness (QED) is 0.423. The van der Waals surface area contributed by atoms with E-state index in [1.165, 1.54) is 0 Å². The Kier molecular flexibility index (Phi) is 4.99. The standard InChI is InChI=1S/C23H20ClN3O2/c1-15-13-17(9-11-20(15)24)21-12-10-19(29-21)14-25-22-16(2)26(3)27(23(22)28)18-7-5-4-6-8-18/h4-14H,1-3H3. The van der Waals surface area contributed by atoms with E-state index in [1.54, 1.807) is 15.6 Å². The van der Waals surface area contributed by atoms with E-state index >= 15 is 0 Å². The van der Waals surface area contributed by atoms with Crippen LogP contribution in [0.2, 0.25) is 5.02 Å². The Morgan fingerprint density at radius 1 is 1.03 bits per heavy atom. The van der Waals surface area contributed by atoms with E-state index in [4.69, 9.17) is 16.0 Å². The van der Waals surface area contributed by atoms with Crippen molar-refractivity contribution in [3.05, 3.63) is 93.1 Å². The molecule has 0 spiro atoms. The molecule has 5 nitrogen and oxygen atoms in total. The smallest absolute Gasteiger partial charge is 0.297 e. The van der Waals surface area contributed by atoms with Crippen molar-refractivity contribution in [3.63, 3.8) is 0 Å². The van der Waals surface area contributed by atoms with Gasteiger partial charge >= 0.3 is 0 Å². The van der Waals surface area contributed by atoms with Gasteiger partial charge in [0.15, 0.2) is 5.69 Å². The molecule has 2 aromatic carbocycles. The Hall–Kier alpha value is -3.31. The summed E-state index contributed by atoms with van der Waals surface area (Å²) in [6, 6.07) is 18.9. The number of furan rings is 1. The van der Waals surface area contributed by atoms with Crippen LogP contribution < -0.4 is 5.56 Å². The summed E-state index contributed by atoms with van der Waals surface area (Å²) in [5, 5.41) is 0.719. The zero-order chi connectivity index (χ0) is 20.5. The molecule has 6 heteroatoms. The number of para-hydroxylation sites is 1. The molecule has 0 N–H and O–H groups in total. The van der Waals surface area contributed by atoms with E-state index in [9.17, 15) is 4.79 Å². The minimum Gasteiger partial charge on any atom is -0.455 e. The zero-order valence-electron chi connectivity index (χ0n) is 16.4. The highest BCUT2D eigenvalue weighted by Crippen LogP contribution is 2.26. The van der Waals surface area contributed by atoms with Crippen molar-refractivity contribution in [2.24, 2.45) is 12.0 Å². The summed E-state index contributed by atoms with van der Waals surface area (Å²) in [5.74, 6) is 1.29. The minimum atomic E-state index is -0.174. The van der Waals surface area contributed by atoms with Gasteiger partial charge < -0.3 is 4.42 Å². The van der Waals surface area contributed by atoms with Gasteiger partial charge in [0.25, 0.3) is 5.56 Å². The molecule has 0 aliphatic heterocycles. The van der Waals surface area contributed by atoms with Crippen molar-refractivity contribution >= 4 is 23.5 Å². The van der Waals surface area contributed by atoms with Gasteiger partial charge in [0.2, 0.25) is 0 Å². The summed E-state index contributed by atoms with van der Waals surface area (Å²) < 4.78 is 9.28. The second kappa shape index (κ2) is 7.60. The van der Waals surface area contributed by atoms with Crippen LogP contribution in [0, 0.1) is 13.8 Å². The number of nitrogens with zero attached hydrogens (tertiary/aromatic N) is 3. The number of aliphatic imine (C=N–C) groups is 1. The first kappa shape index (κ1) is 19.0. The Bertz CT molecular complexity index is 1260. The number of halogens is 1. The Morgan fingerprint density at radius 2 is 1.79 bits per heavy atom. The fourth-order valence-corrected chi connectivity index (χ4v) is 3.32. The fourth-order valence-electron chi connectivity index (χ4n) is 3.21. The number of rotatable bonds is 4. The van der Waals surface area contributed by atoms with Gasteiger partial charge in [0, 0.05) is 17.6 Å². The SMILES string of the molecule is Cc1cc(-c2ccc(C=Nc3c(C)n(C)n(-c4ccccc4)c3=O)o2)ccc1Cl. The van der Waals surface area contributed by atoms with Crippen molar-refractivity contribution in [2.75, 3.05) is 0 Å². The Morgan fingerprint density at radius 3 is 2.52 bits per heavy atom. The third kappa shape index (κ3) is 3.57. The molecule has 0 aliphatic rings. The molecule has 146 valence electrons. The first-order chi connectivity index (χ1) is 14.0. The van der Waals surface area contributed by atoms with Crippen LogP contribution in [0.1, 0.15) is 17.0 Å². The van der Waals surface area contributed by atoms with E-state index in [-0.39, 0.29) is 5.56 Å². The second-order valence-corrected chi connectivity index (χ2v) is 7.24. The van der Waals surface area contributed by atoms with Crippen molar-refractivity contribution < 1.29 is 4.42 Å². The minimum absolute atomic E-state index is 0.174. The van der Waals surface area contributed by atoms with E-state index in [1.807, 2.05) is 81.6 Å². The van der Waals surface area contributed by atoms with Gasteiger partial charge in [-0.3, -0.25) is 9.48 Å². The maximum atomic E-state index is 12.9. The average Bonchev–Trinajstić information content (AvgIpc) is 3.27. The molecular formula is C23H20ClN3O2. The third-order valence-corrected chi connectivity index (χ3v) is 5.34. The highest BCUT2D eigenvalue weighted by molar-refractivity contribution is 6.31. The maximum Gasteiger partial charge on any atom is 0.297 e. The molecule has 0 bridgehead atoms. The number of aryl methyl sites for hydroxylation is 1. The normalized spacial score (nSPS) is 11.4. The molecule has 0 amide bonds. The molecule has 2 heterocycles. The average molecular weight is 406 g/mol. The number of aromatic nitrogens is 2. The molecule has 0 fully saturated rings. The second-order valence-electron chi connectivity index (χ2n) is 6.83. The molecule has 4 aromatic rings. The molecule has 0 atom stereocenters. The zero-order valence-corrected chi connectivity index (χ0v) is 17.1. The van der Waals surface area contributed by atoms with Crippen LogP contribution in [0.15, 0.2) is 74.9 Å². The molecule has 0 saturated carbocycles. The van der Waals surface area contributed by atoms with Crippen LogP contribution in [0.3, 0.4) is 0 Å². The van der Waals surface area contributed by atoms with Crippen LogP contribution in [0.4, 0.5) is 5.69 Å². The summed E-state index contributed by atoms with van der Waals surface area (Å²) in [6.07, 6.45) is 1.57. The van der Waals surface area contributed by atoms with Crippen molar-refractivity contribution in [3.8, 4) is 17.0 Å². The summed E-state index contributed by atoms with van der Waals surface area (Å²) in [7, 11) is 1.84. The number of hydrogen-bond acceptors (Lipinski definition) is 3. The largest absolute Gasteiger partial charge is 0.455 e. The van der Waals surface area contributed by atoms with Gasteiger partial charge in [-0.1, -0.05) is 29.8 Å². The van der Waals surface area contributed by atoms with Gasteiger partial charge in [-0.15, -0.1) is 0 Å². The molecule has 29 heavy (non-hydrogen) atoms. The Balaban J connectivity index is 1.66. The molecule has 0 radical (unpaired) electrons. The molecule has 2 aromatic heterocycles. The highest BCUT2D eigenvalue weighted by atomic mass is 35.5. The van der Waals surface area contributed by atoms with Gasteiger partial charge in [0.05, 0.1) is 17.6 Å². The lowest BCUT2D eigenvalue weighted by Crippen LogP contribution is -2.19. The monoisotopic (exact) mass is 405 g/mol. The molecule has 0 aliphatic carbocycles. The summed E-state index contributed by atoms with van der Waals surface area (Å²) in [5.41, 5.74) is 3.70. The highest BCUT2D eigenvalue weighted by Gasteiger charge is 2.15. The van der Waals surface area contributed by atoms with Crippen LogP contribution in [-0.4, -0.2) is 15.6 Å². The molecular weight excluding hydrogens is 386 g/mol. The van der Waals surface area contributed by atoms with Gasteiger partial charge in [-0.2, -0.15) is 0 Å². The lowest BCUT2D eigenvalue weighted by Gasteiger charge is -2.07. The molecule has 4 rings (SSSR count). The number of hydrogen-bond donors (Lipinski definition) is 0. The van der Waals surface area contributed by atoms with E-state index < -0.39 is 0 Å². The van der Waals surface area contributed by atoms with E-state index in [0.29, 0.717) is 11.4 Å². The van der Waals surface area contributed by atoms with E-state index in [2.05, 4.69) is 4.99 Å².